The third kappa shape index (κ3) is 5.65. The fourth-order valence-corrected chi connectivity index (χ4v) is 4.17. The Balaban J connectivity index is 1.86. The van der Waals surface area contributed by atoms with Crippen LogP contribution in [0.3, 0.4) is 0 Å². The Morgan fingerprint density at radius 2 is 1.77 bits per heavy atom. The molecule has 1 N–H and O–H groups in total. The van der Waals surface area contributed by atoms with Crippen LogP contribution in [-0.2, 0) is 6.42 Å². The average molecular weight is 425 g/mol. The van der Waals surface area contributed by atoms with Gasteiger partial charge in [-0.3, -0.25) is 25.7 Å². The number of hydrazone groups is 1. The molecule has 2 atom stereocenters. The molecule has 1 aliphatic rings. The van der Waals surface area contributed by atoms with Gasteiger partial charge in [0, 0.05) is 17.7 Å². The number of nitrogens with one attached hydrogen (secondary N) is 1. The van der Waals surface area contributed by atoms with Gasteiger partial charge in [0.1, 0.15) is 5.69 Å². The maximum absolute atomic E-state index is 11.4. The lowest BCUT2D eigenvalue weighted by atomic mass is 9.67. The molecule has 31 heavy (non-hydrogen) atoms. The van der Waals surface area contributed by atoms with Crippen molar-refractivity contribution >= 4 is 22.8 Å². The van der Waals surface area contributed by atoms with Crippen molar-refractivity contribution in [2.75, 3.05) is 5.43 Å². The predicted molar refractivity (Wildman–Crippen MR) is 121 cm³/mol. The maximum Gasteiger partial charge on any atom is 0.301 e. The lowest BCUT2D eigenvalue weighted by Crippen LogP contribution is -2.33. The first-order valence-corrected chi connectivity index (χ1v) is 10.4. The van der Waals surface area contributed by atoms with Crippen LogP contribution in [0.25, 0.3) is 0 Å². The molecule has 1 aliphatic carbocycles. The van der Waals surface area contributed by atoms with Gasteiger partial charge in [-0.1, -0.05) is 51.1 Å². The molecule has 164 valence electrons. The Hall–Kier alpha value is -3.29. The summed E-state index contributed by atoms with van der Waals surface area (Å²) in [5, 5.41) is 26.9. The van der Waals surface area contributed by atoms with Crippen molar-refractivity contribution in [2.24, 2.45) is 22.4 Å². The Labute approximate surface area is 181 Å². The zero-order valence-electron chi connectivity index (χ0n) is 18.1. The van der Waals surface area contributed by atoms with Crippen LogP contribution >= 0.6 is 0 Å². The van der Waals surface area contributed by atoms with Gasteiger partial charge < -0.3 is 0 Å². The molecule has 8 nitrogen and oxygen atoms in total. The van der Waals surface area contributed by atoms with E-state index < -0.39 is 9.85 Å². The number of benzene rings is 2. The fraction of sp³-hybridized carbons (Fsp3) is 0.435. The second-order valence-electron chi connectivity index (χ2n) is 9.15. The molecule has 1 saturated carbocycles. The molecule has 2 aromatic rings. The van der Waals surface area contributed by atoms with Crippen molar-refractivity contribution in [3.05, 3.63) is 74.3 Å². The van der Waals surface area contributed by atoms with Crippen molar-refractivity contribution in [1.82, 2.24) is 0 Å². The molecule has 3 rings (SSSR count). The van der Waals surface area contributed by atoms with Gasteiger partial charge in [0.05, 0.1) is 15.9 Å². The van der Waals surface area contributed by atoms with E-state index in [-0.39, 0.29) is 28.4 Å². The first-order valence-electron chi connectivity index (χ1n) is 10.4. The van der Waals surface area contributed by atoms with Crippen LogP contribution in [0.15, 0.2) is 53.6 Å². The minimum Gasteiger partial charge on any atom is -0.272 e. The number of anilines is 1. The van der Waals surface area contributed by atoms with Crippen molar-refractivity contribution in [3.8, 4) is 0 Å². The summed E-state index contributed by atoms with van der Waals surface area (Å²) < 4.78 is 0. The van der Waals surface area contributed by atoms with Crippen molar-refractivity contribution in [2.45, 2.75) is 46.5 Å². The third-order valence-electron chi connectivity index (χ3n) is 6.05. The topological polar surface area (TPSA) is 111 Å². The molecule has 0 amide bonds. The molecular weight excluding hydrogens is 396 g/mol. The van der Waals surface area contributed by atoms with E-state index in [1.54, 1.807) is 0 Å². The van der Waals surface area contributed by atoms with E-state index in [0.29, 0.717) is 5.92 Å². The highest BCUT2D eigenvalue weighted by Gasteiger charge is 2.34. The van der Waals surface area contributed by atoms with Gasteiger partial charge in [-0.25, -0.2) is 0 Å². The van der Waals surface area contributed by atoms with Crippen LogP contribution in [0, 0.1) is 37.5 Å². The molecule has 0 radical (unpaired) electrons. The summed E-state index contributed by atoms with van der Waals surface area (Å²) in [6.07, 6.45) is 3.68. The number of nitro groups is 2. The molecule has 0 spiro atoms. The highest BCUT2D eigenvalue weighted by Crippen LogP contribution is 2.40. The van der Waals surface area contributed by atoms with Gasteiger partial charge in [-0.05, 0) is 48.6 Å². The second kappa shape index (κ2) is 9.24. The zero-order chi connectivity index (χ0) is 22.6. The van der Waals surface area contributed by atoms with Gasteiger partial charge in [0.2, 0.25) is 0 Å². The van der Waals surface area contributed by atoms with Gasteiger partial charge >= 0.3 is 5.69 Å². The average Bonchev–Trinajstić information content (AvgIpc) is 2.72. The van der Waals surface area contributed by atoms with Crippen molar-refractivity contribution < 1.29 is 9.85 Å². The lowest BCUT2D eigenvalue weighted by Gasteiger charge is -2.38. The highest BCUT2D eigenvalue weighted by molar-refractivity contribution is 5.88. The zero-order valence-corrected chi connectivity index (χ0v) is 18.1. The highest BCUT2D eigenvalue weighted by atomic mass is 16.6. The number of hydrogen-bond donors (Lipinski definition) is 1. The third-order valence-corrected chi connectivity index (χ3v) is 6.05. The van der Waals surface area contributed by atoms with E-state index in [4.69, 9.17) is 0 Å². The molecule has 0 saturated heterocycles. The van der Waals surface area contributed by atoms with Gasteiger partial charge in [0.25, 0.3) is 5.69 Å². The van der Waals surface area contributed by atoms with E-state index in [9.17, 15) is 20.2 Å². The van der Waals surface area contributed by atoms with Crippen LogP contribution in [-0.4, -0.2) is 15.6 Å². The van der Waals surface area contributed by atoms with Gasteiger partial charge in [0.15, 0.2) is 0 Å². The maximum atomic E-state index is 11.4. The first kappa shape index (κ1) is 22.4. The summed E-state index contributed by atoms with van der Waals surface area (Å²) >= 11 is 0. The van der Waals surface area contributed by atoms with Crippen LogP contribution in [0.5, 0.6) is 0 Å². The van der Waals surface area contributed by atoms with Crippen molar-refractivity contribution in [3.63, 3.8) is 0 Å². The van der Waals surface area contributed by atoms with Crippen LogP contribution in [0.1, 0.15) is 45.6 Å². The van der Waals surface area contributed by atoms with Crippen LogP contribution in [0.4, 0.5) is 17.1 Å². The number of non-ortho nitro benzene ring substituents is 1. The minimum absolute atomic E-state index is 0.152. The van der Waals surface area contributed by atoms with Crippen LogP contribution in [0.2, 0.25) is 0 Å². The quantitative estimate of drug-likeness (QED) is 0.453. The van der Waals surface area contributed by atoms with Crippen molar-refractivity contribution in [1.29, 1.82) is 0 Å². The van der Waals surface area contributed by atoms with Gasteiger partial charge in [-0.15, -0.1) is 0 Å². The molecule has 2 aromatic carbocycles. The van der Waals surface area contributed by atoms with Gasteiger partial charge in [-0.2, -0.15) is 5.10 Å². The summed E-state index contributed by atoms with van der Waals surface area (Å²) in [6, 6.07) is 13.8. The number of nitrogens with zero attached hydrogens (tertiary/aromatic N) is 3. The number of rotatable bonds is 6. The lowest BCUT2D eigenvalue weighted by molar-refractivity contribution is -0.393. The Morgan fingerprint density at radius 1 is 1.06 bits per heavy atom. The summed E-state index contributed by atoms with van der Waals surface area (Å²) in [4.78, 5) is 21.1. The Bertz CT molecular complexity index is 983. The standard InChI is InChI=1S/C23H28N4O4/c1-23(2,3)18-9-11-20(17(14-18)13-16-7-5-4-6-8-16)24-25-21-12-10-19(26(28)29)15-22(21)27(30)31/h4-8,10,12,15,17-18,25H,9,11,13-14H2,1-3H3/b24-20+/t17-,18-/m1/s1. The summed E-state index contributed by atoms with van der Waals surface area (Å²) in [6.45, 7) is 6.79. The largest absolute Gasteiger partial charge is 0.301 e. The molecular formula is C23H28N4O4. The number of hydrogen-bond acceptors (Lipinski definition) is 6. The molecule has 0 bridgehead atoms. The first-order chi connectivity index (χ1) is 14.6. The van der Waals surface area contributed by atoms with E-state index >= 15 is 0 Å². The second-order valence-corrected chi connectivity index (χ2v) is 9.15. The van der Waals surface area contributed by atoms with E-state index in [2.05, 4.69) is 43.4 Å². The molecule has 0 heterocycles. The monoisotopic (exact) mass is 424 g/mol. The summed E-state index contributed by atoms with van der Waals surface area (Å²) in [5.74, 6) is 0.791. The fourth-order valence-electron chi connectivity index (χ4n) is 4.17. The van der Waals surface area contributed by atoms with E-state index in [1.807, 2.05) is 18.2 Å². The summed E-state index contributed by atoms with van der Waals surface area (Å²) in [7, 11) is 0. The Morgan fingerprint density at radius 3 is 2.39 bits per heavy atom. The Kier molecular flexibility index (Phi) is 6.68. The smallest absolute Gasteiger partial charge is 0.272 e. The summed E-state index contributed by atoms with van der Waals surface area (Å²) in [5.41, 5.74) is 4.71. The molecule has 0 aliphatic heterocycles. The van der Waals surface area contributed by atoms with E-state index in [0.717, 1.165) is 37.5 Å². The van der Waals surface area contributed by atoms with E-state index in [1.165, 1.54) is 17.7 Å². The molecule has 1 fully saturated rings. The van der Waals surface area contributed by atoms with Crippen LogP contribution < -0.4 is 5.43 Å². The molecule has 0 aromatic heterocycles. The molecule has 0 unspecified atom stereocenters. The minimum atomic E-state index is -0.646. The molecule has 8 heteroatoms. The number of nitro benzene ring substituents is 2. The SMILES string of the molecule is CC(C)(C)[C@@H]1CC/C(=N\Nc2ccc([N+](=O)[O-])cc2[N+](=O)[O-])[C@H](Cc2ccccc2)C1. The predicted octanol–water partition coefficient (Wildman–Crippen LogP) is 5.98. The normalized spacial score (nSPS) is 20.4.